The van der Waals surface area contributed by atoms with Gasteiger partial charge in [0.25, 0.3) is 0 Å². The van der Waals surface area contributed by atoms with Crippen molar-refractivity contribution in [1.82, 2.24) is 0 Å². The first-order chi connectivity index (χ1) is 5.42. The molecule has 56 valence electrons. The molecule has 2 heteroatoms. The van der Waals surface area contributed by atoms with E-state index in [0.29, 0.717) is 0 Å². The van der Waals surface area contributed by atoms with Gasteiger partial charge in [0, 0.05) is 17.8 Å². The van der Waals surface area contributed by atoms with Crippen molar-refractivity contribution < 1.29 is 0 Å². The first-order valence-electron chi connectivity index (χ1n) is 3.56. The lowest BCUT2D eigenvalue weighted by Gasteiger charge is -1.93. The molecule has 0 aliphatic rings. The molecule has 0 aliphatic heterocycles. The van der Waals surface area contributed by atoms with Crippen LogP contribution in [0.4, 0.5) is 5.00 Å². The van der Waals surface area contributed by atoms with E-state index in [0.717, 1.165) is 0 Å². The van der Waals surface area contributed by atoms with Crippen LogP contribution in [-0.2, 0) is 0 Å². The van der Waals surface area contributed by atoms with E-state index in [9.17, 15) is 0 Å². The Balaban J connectivity index is 2.76. The second kappa shape index (κ2) is 2.55. The summed E-state index contributed by atoms with van der Waals surface area (Å²) in [4.78, 5) is 0. The summed E-state index contributed by atoms with van der Waals surface area (Å²) in [5.74, 6) is 0. The highest BCUT2D eigenvalue weighted by Gasteiger charge is 1.98. The van der Waals surface area contributed by atoms with Gasteiger partial charge in [-0.05, 0) is 5.39 Å². The van der Waals surface area contributed by atoms with Crippen LogP contribution in [0.3, 0.4) is 0 Å². The van der Waals surface area contributed by atoms with Crippen molar-refractivity contribution in [1.29, 1.82) is 0 Å². The van der Waals surface area contributed by atoms with Gasteiger partial charge < -0.3 is 5.32 Å². The van der Waals surface area contributed by atoms with Crippen molar-refractivity contribution in [2.24, 2.45) is 0 Å². The average molecular weight is 163 g/mol. The maximum atomic E-state index is 3.17. The van der Waals surface area contributed by atoms with Gasteiger partial charge in [0.2, 0.25) is 0 Å². The molecule has 1 nitrogen and oxygen atoms in total. The highest BCUT2D eigenvalue weighted by atomic mass is 32.1. The first kappa shape index (κ1) is 6.68. The summed E-state index contributed by atoms with van der Waals surface area (Å²) in [6.07, 6.45) is 0. The quantitative estimate of drug-likeness (QED) is 0.681. The molecule has 11 heavy (non-hydrogen) atoms. The van der Waals surface area contributed by atoms with Crippen molar-refractivity contribution in [3.8, 4) is 0 Å². The molecule has 0 fully saturated rings. The minimum absolute atomic E-state index is 1.25. The third-order valence-corrected chi connectivity index (χ3v) is 2.77. The normalized spacial score (nSPS) is 10.3. The molecule has 1 aromatic carbocycles. The predicted molar refractivity (Wildman–Crippen MR) is 51.4 cm³/mol. The van der Waals surface area contributed by atoms with Crippen LogP contribution < -0.4 is 5.32 Å². The molecule has 0 saturated carbocycles. The van der Waals surface area contributed by atoms with E-state index in [2.05, 4.69) is 35.0 Å². The van der Waals surface area contributed by atoms with Crippen LogP contribution in [0.25, 0.3) is 10.8 Å². The largest absolute Gasteiger partial charge is 0.379 e. The van der Waals surface area contributed by atoms with Gasteiger partial charge in [-0.15, -0.1) is 11.3 Å². The Bertz CT molecular complexity index is 364. The molecule has 1 N–H and O–H groups in total. The molecular formula is C9H9NS. The molecule has 0 unspecified atom stereocenters. The molecule has 2 rings (SSSR count). The van der Waals surface area contributed by atoms with Crippen LogP contribution >= 0.6 is 11.3 Å². The zero-order valence-electron chi connectivity index (χ0n) is 6.29. The minimum Gasteiger partial charge on any atom is -0.379 e. The Labute approximate surface area is 69.7 Å². The van der Waals surface area contributed by atoms with Gasteiger partial charge in [-0.2, -0.15) is 0 Å². The lowest BCUT2D eigenvalue weighted by molar-refractivity contribution is 1.61. The van der Waals surface area contributed by atoms with E-state index in [1.807, 2.05) is 7.05 Å². The molecule has 0 spiro atoms. The minimum atomic E-state index is 1.25. The Kier molecular flexibility index (Phi) is 1.55. The highest BCUT2D eigenvalue weighted by molar-refractivity contribution is 7.16. The molecule has 1 aromatic heterocycles. The van der Waals surface area contributed by atoms with Crippen molar-refractivity contribution in [3.05, 3.63) is 29.6 Å². The van der Waals surface area contributed by atoms with Crippen LogP contribution in [0.5, 0.6) is 0 Å². The molecule has 1 heterocycles. The number of fused-ring (bicyclic) bond motifs is 1. The summed E-state index contributed by atoms with van der Waals surface area (Å²) in [6.45, 7) is 0. The molecule has 0 aliphatic carbocycles. The van der Waals surface area contributed by atoms with Crippen LogP contribution in [0.2, 0.25) is 0 Å². The van der Waals surface area contributed by atoms with Gasteiger partial charge in [0.05, 0.1) is 5.00 Å². The van der Waals surface area contributed by atoms with Crippen molar-refractivity contribution in [3.63, 3.8) is 0 Å². The maximum absolute atomic E-state index is 3.17. The predicted octanol–water partition coefficient (Wildman–Crippen LogP) is 2.94. The molecule has 0 amide bonds. The third kappa shape index (κ3) is 0.994. The van der Waals surface area contributed by atoms with E-state index in [1.54, 1.807) is 11.3 Å². The number of hydrogen-bond donors (Lipinski definition) is 1. The topological polar surface area (TPSA) is 12.0 Å². The molecule has 2 aromatic rings. The van der Waals surface area contributed by atoms with Crippen LogP contribution in [0.1, 0.15) is 0 Å². The standard InChI is InChI=1S/C9H9NS/c1-10-9-8-5-3-2-4-7(8)6-11-9/h2-6,10H,1H3. The zero-order chi connectivity index (χ0) is 7.68. The Morgan fingerprint density at radius 3 is 2.91 bits per heavy atom. The summed E-state index contributed by atoms with van der Waals surface area (Å²) in [5.41, 5.74) is 0. The van der Waals surface area contributed by atoms with Crippen LogP contribution in [0, 0.1) is 0 Å². The number of nitrogens with one attached hydrogen (secondary N) is 1. The van der Waals surface area contributed by atoms with Crippen molar-refractivity contribution in [2.45, 2.75) is 0 Å². The first-order valence-corrected chi connectivity index (χ1v) is 4.44. The molecular weight excluding hydrogens is 154 g/mol. The van der Waals surface area contributed by atoms with Gasteiger partial charge in [-0.25, -0.2) is 0 Å². The second-order valence-electron chi connectivity index (χ2n) is 2.40. The Morgan fingerprint density at radius 1 is 1.27 bits per heavy atom. The third-order valence-electron chi connectivity index (χ3n) is 1.74. The van der Waals surface area contributed by atoms with Crippen molar-refractivity contribution >= 4 is 27.1 Å². The summed E-state index contributed by atoms with van der Waals surface area (Å²) in [5, 5.41) is 9.23. The second-order valence-corrected chi connectivity index (χ2v) is 3.28. The maximum Gasteiger partial charge on any atom is 0.0959 e. The average Bonchev–Trinajstić information content (AvgIpc) is 2.47. The molecule has 0 atom stereocenters. The summed E-state index contributed by atoms with van der Waals surface area (Å²) < 4.78 is 0. The van der Waals surface area contributed by atoms with E-state index in [-0.39, 0.29) is 0 Å². The summed E-state index contributed by atoms with van der Waals surface area (Å²) in [7, 11) is 1.96. The van der Waals surface area contributed by atoms with Gasteiger partial charge >= 0.3 is 0 Å². The fourth-order valence-electron chi connectivity index (χ4n) is 1.19. The van der Waals surface area contributed by atoms with Gasteiger partial charge in [0.15, 0.2) is 0 Å². The van der Waals surface area contributed by atoms with E-state index < -0.39 is 0 Å². The zero-order valence-corrected chi connectivity index (χ0v) is 7.11. The van der Waals surface area contributed by atoms with Gasteiger partial charge in [-0.3, -0.25) is 0 Å². The van der Waals surface area contributed by atoms with Crippen LogP contribution in [0.15, 0.2) is 29.6 Å². The molecule has 0 radical (unpaired) electrons. The smallest absolute Gasteiger partial charge is 0.0959 e. The number of benzene rings is 1. The number of anilines is 1. The highest BCUT2D eigenvalue weighted by Crippen LogP contribution is 2.29. The monoisotopic (exact) mass is 163 g/mol. The SMILES string of the molecule is CNc1scc2ccccc12. The molecule has 0 saturated heterocycles. The summed E-state index contributed by atoms with van der Waals surface area (Å²) in [6, 6.07) is 8.40. The number of thiophene rings is 1. The summed E-state index contributed by atoms with van der Waals surface area (Å²) >= 11 is 1.75. The lowest BCUT2D eigenvalue weighted by Crippen LogP contribution is -1.82. The fraction of sp³-hybridized carbons (Fsp3) is 0.111. The fourth-order valence-corrected chi connectivity index (χ4v) is 2.07. The van der Waals surface area contributed by atoms with E-state index in [4.69, 9.17) is 0 Å². The number of rotatable bonds is 1. The molecule has 0 bridgehead atoms. The van der Waals surface area contributed by atoms with Gasteiger partial charge in [0.1, 0.15) is 0 Å². The number of hydrogen-bond acceptors (Lipinski definition) is 2. The van der Waals surface area contributed by atoms with Gasteiger partial charge in [-0.1, -0.05) is 24.3 Å². The Hall–Kier alpha value is -1.02. The van der Waals surface area contributed by atoms with E-state index >= 15 is 0 Å². The lowest BCUT2D eigenvalue weighted by atomic mass is 10.2. The van der Waals surface area contributed by atoms with Crippen LogP contribution in [-0.4, -0.2) is 7.05 Å². The van der Waals surface area contributed by atoms with Crippen molar-refractivity contribution in [2.75, 3.05) is 12.4 Å². The Morgan fingerprint density at radius 2 is 2.09 bits per heavy atom. The van der Waals surface area contributed by atoms with E-state index in [1.165, 1.54) is 15.8 Å².